The van der Waals surface area contributed by atoms with Gasteiger partial charge in [0.1, 0.15) is 38.4 Å². The fraction of sp³-hybridized carbons (Fsp3) is 0.464. The Morgan fingerprint density at radius 2 is 1.47 bits per heavy atom. The van der Waals surface area contributed by atoms with Crippen LogP contribution in [0.1, 0.15) is 42.4 Å². The minimum Gasteiger partial charge on any atom is -1.00 e. The third-order valence-electron chi connectivity index (χ3n) is 18.8. The van der Waals surface area contributed by atoms with Crippen molar-refractivity contribution in [3.8, 4) is 23.0 Å². The van der Waals surface area contributed by atoms with Crippen molar-refractivity contribution >= 4 is 11.4 Å². The van der Waals surface area contributed by atoms with Crippen LogP contribution in [0.5, 0.6) is 23.0 Å². The Kier molecular flexibility index (Phi) is 11.5. The van der Waals surface area contributed by atoms with Crippen LogP contribution in [-0.2, 0) is 23.2 Å². The van der Waals surface area contributed by atoms with Crippen LogP contribution >= 0.6 is 0 Å². The number of anilines is 2. The Morgan fingerprint density at radius 1 is 0.779 bits per heavy atom. The summed E-state index contributed by atoms with van der Waals surface area (Å²) in [7, 11) is 6.92. The predicted molar refractivity (Wildman–Crippen MR) is 255 cm³/mol. The number of methoxy groups -OCH3 is 4. The molecule has 2 aliphatic carbocycles. The highest BCUT2D eigenvalue weighted by Crippen LogP contribution is 2.68. The summed E-state index contributed by atoms with van der Waals surface area (Å²) in [6, 6.07) is 35.2. The molecule has 4 saturated heterocycles. The lowest BCUT2D eigenvalue weighted by molar-refractivity contribution is -0.955. The Balaban J connectivity index is 0.00000253. The zero-order valence-electron chi connectivity index (χ0n) is 39.6. The lowest BCUT2D eigenvalue weighted by Crippen LogP contribution is -3.00. The molecule has 9 aliphatic rings. The van der Waals surface area contributed by atoms with Crippen LogP contribution in [0.4, 0.5) is 11.4 Å². The molecular weight excluding hydrogens is 896 g/mol. The first-order valence-corrected chi connectivity index (χ1v) is 24.5. The molecule has 358 valence electrons. The van der Waals surface area contributed by atoms with Crippen molar-refractivity contribution in [2.24, 2.45) is 23.7 Å². The van der Waals surface area contributed by atoms with Crippen molar-refractivity contribution < 1.29 is 62.6 Å². The lowest BCUT2D eigenvalue weighted by atomic mass is 9.54. The molecule has 7 heterocycles. The smallest absolute Gasteiger partial charge is 0.161 e. The summed E-state index contributed by atoms with van der Waals surface area (Å²) >= 11 is 0. The van der Waals surface area contributed by atoms with Gasteiger partial charge >= 0.3 is 0 Å². The highest BCUT2D eigenvalue weighted by atomic mass is 35.5. The number of fused-ring (bicyclic) bond motifs is 6. The van der Waals surface area contributed by atoms with Crippen molar-refractivity contribution in [2.45, 2.75) is 74.6 Å². The second-order valence-corrected chi connectivity index (χ2v) is 21.1. The van der Waals surface area contributed by atoms with Crippen LogP contribution in [0.25, 0.3) is 0 Å². The molecule has 68 heavy (non-hydrogen) atoms. The van der Waals surface area contributed by atoms with Gasteiger partial charge < -0.3 is 72.4 Å². The highest BCUT2D eigenvalue weighted by molar-refractivity contribution is 5.70. The van der Waals surface area contributed by atoms with E-state index >= 15 is 0 Å². The Labute approximate surface area is 413 Å². The summed E-state index contributed by atoms with van der Waals surface area (Å²) in [5.41, 5.74) is 11.2. The van der Waals surface area contributed by atoms with Gasteiger partial charge in [0, 0.05) is 78.1 Å². The maximum absolute atomic E-state index is 10.9. The SMILES string of the molecule is COc1ccc(C[N+]23CCC4C5C(=CN6c7ccccc7C78CC[N+]9(Cc%10ccc(OC)c(OC)c%10)CC%10=CCOC(C(C%10CC79)C68)N5c5ccccc5)C(CC42)C(=CCO)C3)cc1OC.[Cl-].[Cl-]. The molecule has 13 rings (SSSR count). The molecule has 0 aromatic heterocycles. The van der Waals surface area contributed by atoms with Gasteiger partial charge in [-0.3, -0.25) is 0 Å². The Hall–Kier alpha value is -4.68. The van der Waals surface area contributed by atoms with Crippen molar-refractivity contribution in [1.29, 1.82) is 0 Å². The summed E-state index contributed by atoms with van der Waals surface area (Å²) in [5, 5.41) is 10.9. The van der Waals surface area contributed by atoms with Crippen molar-refractivity contribution in [3.63, 3.8) is 0 Å². The summed E-state index contributed by atoms with van der Waals surface area (Å²) in [6.45, 7) is 6.76. The van der Waals surface area contributed by atoms with Gasteiger partial charge in [-0.25, -0.2) is 0 Å². The molecule has 0 radical (unpaired) electrons. The van der Waals surface area contributed by atoms with Crippen LogP contribution in [0.3, 0.4) is 0 Å². The molecule has 1 N–H and O–H groups in total. The zero-order valence-corrected chi connectivity index (χ0v) is 41.1. The fourth-order valence-corrected chi connectivity index (χ4v) is 16.6. The molecule has 10 nitrogen and oxygen atoms in total. The fourth-order valence-electron chi connectivity index (χ4n) is 16.6. The average molecular weight is 960 g/mol. The third kappa shape index (κ3) is 6.29. The molecule has 0 amide bonds. The number of hydrogen-bond donors (Lipinski definition) is 1. The van der Waals surface area contributed by atoms with E-state index in [1.807, 2.05) is 0 Å². The van der Waals surface area contributed by atoms with E-state index in [1.54, 1.807) is 34.0 Å². The average Bonchev–Trinajstić information content (AvgIpc) is 3.94. The highest BCUT2D eigenvalue weighted by Gasteiger charge is 2.75. The molecule has 4 aromatic rings. The molecule has 2 saturated carbocycles. The van der Waals surface area contributed by atoms with E-state index < -0.39 is 0 Å². The molecular formula is C56H64Cl2N4O6. The summed E-state index contributed by atoms with van der Waals surface area (Å²) in [6.07, 6.45) is 11.8. The van der Waals surface area contributed by atoms with E-state index in [-0.39, 0.29) is 67.0 Å². The molecule has 6 fully saturated rings. The number of quaternary nitrogens is 2. The Morgan fingerprint density at radius 3 is 2.18 bits per heavy atom. The van der Waals surface area contributed by atoms with E-state index in [2.05, 4.69) is 119 Å². The summed E-state index contributed by atoms with van der Waals surface area (Å²) in [4.78, 5) is 5.69. The summed E-state index contributed by atoms with van der Waals surface area (Å²) < 4.78 is 32.8. The van der Waals surface area contributed by atoms with Gasteiger partial charge in [0.15, 0.2) is 23.0 Å². The van der Waals surface area contributed by atoms with Gasteiger partial charge in [-0.15, -0.1) is 0 Å². The van der Waals surface area contributed by atoms with Gasteiger partial charge in [-0.05, 0) is 76.9 Å². The minimum atomic E-state index is -0.122. The number of aliphatic hydroxyl groups excluding tert-OH is 1. The van der Waals surface area contributed by atoms with Crippen LogP contribution in [0, 0.1) is 23.7 Å². The van der Waals surface area contributed by atoms with E-state index in [4.69, 9.17) is 23.7 Å². The van der Waals surface area contributed by atoms with E-state index in [1.165, 1.54) is 39.2 Å². The number of aliphatic hydroxyl groups is 1. The van der Waals surface area contributed by atoms with Crippen LogP contribution < -0.4 is 53.6 Å². The quantitative estimate of drug-likeness (QED) is 0.192. The first kappa shape index (κ1) is 45.7. The first-order valence-electron chi connectivity index (χ1n) is 24.5. The van der Waals surface area contributed by atoms with Crippen LogP contribution in [-0.4, -0.2) is 112 Å². The largest absolute Gasteiger partial charge is 1.00 e. The zero-order chi connectivity index (χ0) is 44.5. The van der Waals surface area contributed by atoms with Gasteiger partial charge in [-0.1, -0.05) is 48.6 Å². The van der Waals surface area contributed by atoms with Gasteiger partial charge in [0.25, 0.3) is 0 Å². The van der Waals surface area contributed by atoms with Crippen LogP contribution in [0.2, 0.25) is 0 Å². The van der Waals surface area contributed by atoms with E-state index in [9.17, 15) is 5.11 Å². The van der Waals surface area contributed by atoms with Gasteiger partial charge in [-0.2, -0.15) is 0 Å². The molecule has 12 heteroatoms. The molecule has 4 bridgehead atoms. The minimum absolute atomic E-state index is 0. The van der Waals surface area contributed by atoms with Crippen LogP contribution in [0.15, 0.2) is 126 Å². The second-order valence-electron chi connectivity index (χ2n) is 21.1. The maximum atomic E-state index is 10.9. The molecule has 7 aliphatic heterocycles. The number of benzene rings is 4. The van der Waals surface area contributed by atoms with E-state index in [0.717, 1.165) is 96.9 Å². The lowest BCUT2D eigenvalue weighted by Gasteiger charge is -2.62. The number of nitrogens with zero attached hydrogens (tertiary/aromatic N) is 4. The number of rotatable bonds is 10. The molecule has 1 spiro atoms. The molecule has 12 unspecified atom stereocenters. The Bertz CT molecular complexity index is 2700. The normalized spacial score (nSPS) is 35.5. The van der Waals surface area contributed by atoms with E-state index in [0.29, 0.717) is 30.5 Å². The van der Waals surface area contributed by atoms with Crippen molar-refractivity contribution in [3.05, 3.63) is 143 Å². The monoisotopic (exact) mass is 958 g/mol. The van der Waals surface area contributed by atoms with Gasteiger partial charge in [0.05, 0.1) is 78.3 Å². The maximum Gasteiger partial charge on any atom is 0.161 e. The number of hydrogen-bond acceptors (Lipinski definition) is 8. The predicted octanol–water partition coefficient (Wildman–Crippen LogP) is 2.01. The first-order chi connectivity index (χ1) is 32.4. The number of piperidine rings is 2. The van der Waals surface area contributed by atoms with Crippen molar-refractivity contribution in [2.75, 3.05) is 77.6 Å². The third-order valence-corrected chi connectivity index (χ3v) is 18.8. The topological polar surface area (TPSA) is 72.9 Å². The van der Waals surface area contributed by atoms with Crippen molar-refractivity contribution in [1.82, 2.24) is 0 Å². The van der Waals surface area contributed by atoms with Gasteiger partial charge in [0.2, 0.25) is 0 Å². The summed E-state index contributed by atoms with van der Waals surface area (Å²) in [5.74, 6) is 4.42. The molecule has 12 atom stereocenters. The molecule has 4 aromatic carbocycles. The second kappa shape index (κ2) is 17.0. The number of halogens is 2. The number of para-hydroxylation sites is 2. The number of ether oxygens (including phenoxy) is 5. The standard InChI is InChI=1S/C56H64N4O6.2ClH/c1-62-47-16-14-35(26-49(47)64-3)31-59-22-18-40-46(59)28-41(37(33-59)19-24-61)43-30-57-45-13-9-8-12-44(45)56-21-23-60(32-36-15-17-48(63-2)50(27-36)65-4)34-38-20-25-66-55(52(54(56)57)42(38)29-51(56)60)58(53(40)43)39-10-6-5-7-11-39;;/h5-17,19-20,26-27,30,40-42,46,51-55,61H,18,21-25,28-29,31-34H2,1-4H3;2*1H/q+2;;/p-2.